The van der Waals surface area contributed by atoms with Gasteiger partial charge in [0.2, 0.25) is 0 Å². The summed E-state index contributed by atoms with van der Waals surface area (Å²) in [5.74, 6) is 0. The third-order valence-electron chi connectivity index (χ3n) is 8.60. The van der Waals surface area contributed by atoms with Crippen molar-refractivity contribution in [2.75, 3.05) is 0 Å². The van der Waals surface area contributed by atoms with Crippen LogP contribution >= 0.6 is 0 Å². The summed E-state index contributed by atoms with van der Waals surface area (Å²) in [6.45, 7) is 0. The summed E-state index contributed by atoms with van der Waals surface area (Å²) in [4.78, 5) is 5.08. The van der Waals surface area contributed by atoms with Gasteiger partial charge in [-0.15, -0.1) is 0 Å². The molecule has 2 aliphatic heterocycles. The molecule has 3 nitrogen and oxygen atoms in total. The van der Waals surface area contributed by atoms with Crippen LogP contribution in [0, 0.1) is 11.3 Å². The fourth-order valence-electron chi connectivity index (χ4n) is 6.88. The molecule has 2 aromatic heterocycles. The minimum atomic E-state index is -1.97. The quantitative estimate of drug-likeness (QED) is 0.218. The Morgan fingerprint density at radius 2 is 1.61 bits per heavy atom. The van der Waals surface area contributed by atoms with E-state index in [1.54, 1.807) is 9.96 Å². The second kappa shape index (κ2) is 8.64. The summed E-state index contributed by atoms with van der Waals surface area (Å²) in [5.41, 5.74) is 7.73. The van der Waals surface area contributed by atoms with E-state index in [-0.39, 0.29) is 0 Å². The molecular formula is C32H28GeN2O. The van der Waals surface area contributed by atoms with Crippen LogP contribution in [-0.4, -0.2) is 18.3 Å². The number of rotatable bonds is 2. The van der Waals surface area contributed by atoms with Gasteiger partial charge >= 0.3 is 209 Å². The molecule has 0 unspecified atom stereocenters. The molecule has 2 aliphatic rings. The van der Waals surface area contributed by atoms with Gasteiger partial charge in [0.1, 0.15) is 0 Å². The van der Waals surface area contributed by atoms with Crippen molar-refractivity contribution in [1.29, 1.82) is 5.26 Å². The van der Waals surface area contributed by atoms with Crippen LogP contribution < -0.4 is 4.40 Å². The Balaban J connectivity index is 1.42. The number of benzene rings is 3. The van der Waals surface area contributed by atoms with Crippen LogP contribution in [0.25, 0.3) is 44.3 Å². The fourth-order valence-corrected chi connectivity index (χ4v) is 18.4. The van der Waals surface area contributed by atoms with Crippen molar-refractivity contribution in [1.82, 2.24) is 4.98 Å². The van der Waals surface area contributed by atoms with E-state index in [0.717, 1.165) is 44.3 Å². The first-order valence-corrected chi connectivity index (χ1v) is 18.7. The molecule has 5 aromatic rings. The van der Waals surface area contributed by atoms with Crippen molar-refractivity contribution in [3.05, 3.63) is 84.1 Å². The zero-order valence-corrected chi connectivity index (χ0v) is 22.5. The number of hydrogen-bond acceptors (Lipinski definition) is 3. The third-order valence-corrected chi connectivity index (χ3v) is 20.2. The van der Waals surface area contributed by atoms with Crippen molar-refractivity contribution >= 4 is 39.6 Å². The summed E-state index contributed by atoms with van der Waals surface area (Å²) < 4.78 is 8.33. The Labute approximate surface area is 214 Å². The minimum absolute atomic E-state index is 0.630. The molecule has 1 spiro atoms. The number of hydrogen-bond donors (Lipinski definition) is 0. The molecule has 0 saturated carbocycles. The van der Waals surface area contributed by atoms with Crippen LogP contribution in [0.3, 0.4) is 0 Å². The van der Waals surface area contributed by atoms with E-state index >= 15 is 0 Å². The maximum absolute atomic E-state index is 9.87. The van der Waals surface area contributed by atoms with Gasteiger partial charge in [0.15, 0.2) is 0 Å². The van der Waals surface area contributed by atoms with Gasteiger partial charge in [-0.3, -0.25) is 0 Å². The molecule has 0 aliphatic carbocycles. The van der Waals surface area contributed by atoms with Crippen molar-refractivity contribution in [2.45, 2.75) is 47.9 Å². The monoisotopic (exact) mass is 530 g/mol. The molecule has 4 heteroatoms. The maximum atomic E-state index is 9.87. The third kappa shape index (κ3) is 3.35. The van der Waals surface area contributed by atoms with Gasteiger partial charge in [-0.2, -0.15) is 0 Å². The fraction of sp³-hybridized carbons (Fsp3) is 0.250. The number of nitriles is 1. The topological polar surface area (TPSA) is 49.8 Å². The number of nitrogens with zero attached hydrogens (tertiary/aromatic N) is 2. The van der Waals surface area contributed by atoms with E-state index in [1.807, 2.05) is 42.5 Å². The molecule has 0 radical (unpaired) electrons. The standard InChI is InChI=1S/C32H28GeN2O/c34-20-24-14-15-26-25-12-7-13-27(31(25)36-32(26)30(24)22-9-3-1-4-10-22)29-19-23-11-8-18-33(28(23)21-35-29)16-5-2-6-17-33/h1,3-4,7,9-10,12-15,19,21H,2,5-6,8,11,16-18H2. The van der Waals surface area contributed by atoms with E-state index in [9.17, 15) is 5.26 Å². The molecule has 176 valence electrons. The summed E-state index contributed by atoms with van der Waals surface area (Å²) in [6, 6.07) is 25.1. The second-order valence-electron chi connectivity index (χ2n) is 10.5. The average molecular weight is 529 g/mol. The van der Waals surface area contributed by atoms with Gasteiger partial charge in [0.05, 0.1) is 0 Å². The number of aryl methyl sites for hydroxylation is 1. The first-order chi connectivity index (χ1) is 17.8. The van der Waals surface area contributed by atoms with E-state index in [4.69, 9.17) is 9.40 Å². The number of fused-ring (bicyclic) bond motifs is 5. The van der Waals surface area contributed by atoms with Gasteiger partial charge in [0.25, 0.3) is 0 Å². The first kappa shape index (κ1) is 21.9. The predicted octanol–water partition coefficient (Wildman–Crippen LogP) is 7.97. The van der Waals surface area contributed by atoms with E-state index in [2.05, 4.69) is 36.5 Å². The number of furan rings is 1. The number of aromatic nitrogens is 1. The second-order valence-corrected chi connectivity index (χ2v) is 20.2. The number of pyridine rings is 1. The summed E-state index contributed by atoms with van der Waals surface area (Å²) >= 11 is -1.97. The van der Waals surface area contributed by atoms with Gasteiger partial charge < -0.3 is 0 Å². The SMILES string of the molecule is N#Cc1ccc2c(oc3c(-c4cc5[c](cn4)[Ge]4([CH2]CCC[CH2]4)[CH2]CC5)cccc32)c1-c1ccccc1. The van der Waals surface area contributed by atoms with E-state index < -0.39 is 13.3 Å². The predicted molar refractivity (Wildman–Crippen MR) is 149 cm³/mol. The van der Waals surface area contributed by atoms with E-state index in [1.165, 1.54) is 47.9 Å². The molecule has 0 bridgehead atoms. The zero-order chi connectivity index (χ0) is 24.1. The molecule has 4 heterocycles. The molecule has 3 aromatic carbocycles. The normalized spacial score (nSPS) is 16.8. The van der Waals surface area contributed by atoms with Crippen LogP contribution in [0.5, 0.6) is 0 Å². The average Bonchev–Trinajstić information content (AvgIpc) is 3.32. The Morgan fingerprint density at radius 1 is 0.806 bits per heavy atom. The summed E-state index contributed by atoms with van der Waals surface area (Å²) in [7, 11) is 0. The molecule has 7 rings (SSSR count). The van der Waals surface area contributed by atoms with Crippen molar-refractivity contribution in [2.24, 2.45) is 0 Å². The van der Waals surface area contributed by atoms with Crippen LogP contribution in [-0.2, 0) is 6.42 Å². The Hall–Kier alpha value is -3.36. The molecule has 36 heavy (non-hydrogen) atoms. The molecule has 1 fully saturated rings. The molecule has 0 amide bonds. The molecular weight excluding hydrogens is 501 g/mol. The zero-order valence-electron chi connectivity index (χ0n) is 20.4. The van der Waals surface area contributed by atoms with Crippen molar-refractivity contribution in [3.8, 4) is 28.5 Å². The van der Waals surface area contributed by atoms with Crippen LogP contribution in [0.2, 0.25) is 15.8 Å². The number of para-hydroxylation sites is 1. The van der Waals surface area contributed by atoms with Crippen LogP contribution in [0.4, 0.5) is 0 Å². The van der Waals surface area contributed by atoms with Gasteiger partial charge in [0, 0.05) is 0 Å². The Morgan fingerprint density at radius 3 is 2.44 bits per heavy atom. The Kier molecular flexibility index (Phi) is 5.25. The molecule has 0 N–H and O–H groups in total. The van der Waals surface area contributed by atoms with Crippen LogP contribution in [0.15, 0.2) is 77.3 Å². The molecule has 1 saturated heterocycles. The van der Waals surface area contributed by atoms with Gasteiger partial charge in [-0.1, -0.05) is 6.07 Å². The van der Waals surface area contributed by atoms with Crippen molar-refractivity contribution < 1.29 is 4.42 Å². The van der Waals surface area contributed by atoms with Crippen LogP contribution in [0.1, 0.15) is 36.8 Å². The summed E-state index contributed by atoms with van der Waals surface area (Å²) in [5, 5.41) is 16.5. The van der Waals surface area contributed by atoms with E-state index in [0.29, 0.717) is 5.56 Å². The first-order valence-electron chi connectivity index (χ1n) is 13.2. The molecule has 0 atom stereocenters. The van der Waals surface area contributed by atoms with Crippen molar-refractivity contribution in [3.63, 3.8) is 0 Å². The van der Waals surface area contributed by atoms with Gasteiger partial charge in [-0.25, -0.2) is 0 Å². The Bertz CT molecular complexity index is 1660. The van der Waals surface area contributed by atoms with Gasteiger partial charge in [-0.05, 0) is 0 Å². The summed E-state index contributed by atoms with van der Waals surface area (Å²) in [6.07, 6.45) is 9.06.